The third-order valence-electron chi connectivity index (χ3n) is 2.29. The van der Waals surface area contributed by atoms with Gasteiger partial charge >= 0.3 is 5.97 Å². The molecule has 0 aliphatic rings. The van der Waals surface area contributed by atoms with E-state index in [-0.39, 0.29) is 5.92 Å². The molecule has 3 N–H and O–H groups in total. The lowest BCUT2D eigenvalue weighted by molar-refractivity contribution is -0.138. The smallest absolute Gasteiger partial charge is 0.321 e. The van der Waals surface area contributed by atoms with E-state index in [9.17, 15) is 4.79 Å². The van der Waals surface area contributed by atoms with Gasteiger partial charge in [0.2, 0.25) is 0 Å². The second-order valence-corrected chi connectivity index (χ2v) is 4.25. The summed E-state index contributed by atoms with van der Waals surface area (Å²) < 4.78 is 0. The Morgan fingerprint density at radius 3 is 2.53 bits per heavy atom. The lowest BCUT2D eigenvalue weighted by Gasteiger charge is -2.20. The number of benzene rings is 1. The number of hydrogen-bond donors (Lipinski definition) is 2. The van der Waals surface area contributed by atoms with Crippen molar-refractivity contribution in [2.45, 2.75) is 12.0 Å². The predicted octanol–water partition coefficient (Wildman–Crippen LogP) is 1.55. The maximum atomic E-state index is 10.9. The van der Waals surface area contributed by atoms with Crippen molar-refractivity contribution < 1.29 is 9.90 Å². The van der Waals surface area contributed by atoms with Crippen LogP contribution < -0.4 is 5.73 Å². The van der Waals surface area contributed by atoms with Crippen molar-refractivity contribution in [3.05, 3.63) is 35.9 Å². The zero-order chi connectivity index (χ0) is 11.3. The minimum absolute atomic E-state index is 0.126. The molecule has 0 fully saturated rings. The third kappa shape index (κ3) is 3.25. The van der Waals surface area contributed by atoms with E-state index in [4.69, 9.17) is 10.8 Å². The molecule has 4 heteroatoms. The summed E-state index contributed by atoms with van der Waals surface area (Å²) in [6.45, 7) is 0. The highest BCUT2D eigenvalue weighted by Gasteiger charge is 2.24. The van der Waals surface area contributed by atoms with Crippen molar-refractivity contribution in [1.82, 2.24) is 0 Å². The molecule has 1 unspecified atom stereocenters. The Labute approximate surface area is 93.7 Å². The summed E-state index contributed by atoms with van der Waals surface area (Å²) >= 11 is 1.61. The quantitative estimate of drug-likeness (QED) is 0.798. The fraction of sp³-hybridized carbons (Fsp3) is 0.364. The first-order valence-corrected chi connectivity index (χ1v) is 6.08. The lowest BCUT2D eigenvalue weighted by Crippen LogP contribution is -2.37. The normalized spacial score (nSPS) is 14.5. The van der Waals surface area contributed by atoms with E-state index in [1.807, 2.05) is 36.6 Å². The van der Waals surface area contributed by atoms with E-state index in [1.165, 1.54) is 0 Å². The molecule has 0 aliphatic heterocycles. The summed E-state index contributed by atoms with van der Waals surface area (Å²) in [5.74, 6) is -0.353. The number of carbonyl (C=O) groups is 1. The number of aliphatic carboxylic acids is 1. The average Bonchev–Trinajstić information content (AvgIpc) is 2.26. The maximum Gasteiger partial charge on any atom is 0.321 e. The molecule has 3 nitrogen and oxygen atoms in total. The van der Waals surface area contributed by atoms with Gasteiger partial charge in [0.25, 0.3) is 0 Å². The highest BCUT2D eigenvalue weighted by Crippen LogP contribution is 2.22. The van der Waals surface area contributed by atoms with Crippen molar-refractivity contribution in [3.8, 4) is 0 Å². The van der Waals surface area contributed by atoms with Crippen molar-refractivity contribution in [2.75, 3.05) is 12.0 Å². The van der Waals surface area contributed by atoms with Gasteiger partial charge in [0, 0.05) is 11.7 Å². The molecule has 0 aliphatic carbocycles. The molecule has 0 aromatic heterocycles. The summed E-state index contributed by atoms with van der Waals surface area (Å²) in [6, 6.07) is 8.72. The van der Waals surface area contributed by atoms with Crippen LogP contribution in [0.3, 0.4) is 0 Å². The van der Waals surface area contributed by atoms with Crippen LogP contribution in [0.1, 0.15) is 11.5 Å². The molecule has 0 saturated carbocycles. The highest BCUT2D eigenvalue weighted by atomic mass is 32.2. The van der Waals surface area contributed by atoms with Gasteiger partial charge in [0.05, 0.1) is 0 Å². The van der Waals surface area contributed by atoms with Crippen LogP contribution in [0.15, 0.2) is 30.3 Å². The fourth-order valence-corrected chi connectivity index (χ4v) is 2.22. The van der Waals surface area contributed by atoms with Crippen LogP contribution in [-0.2, 0) is 4.79 Å². The summed E-state index contributed by atoms with van der Waals surface area (Å²) in [7, 11) is 0. The lowest BCUT2D eigenvalue weighted by atomic mass is 9.94. The Morgan fingerprint density at radius 2 is 2.07 bits per heavy atom. The van der Waals surface area contributed by atoms with Crippen molar-refractivity contribution >= 4 is 17.7 Å². The van der Waals surface area contributed by atoms with E-state index in [2.05, 4.69) is 0 Å². The molecule has 0 spiro atoms. The Hall–Kier alpha value is -1.00. The van der Waals surface area contributed by atoms with Gasteiger partial charge in [-0.3, -0.25) is 4.79 Å². The van der Waals surface area contributed by atoms with Gasteiger partial charge in [0.1, 0.15) is 6.04 Å². The molecule has 0 amide bonds. The van der Waals surface area contributed by atoms with E-state index in [1.54, 1.807) is 11.8 Å². The SMILES string of the molecule is CSCC(c1ccccc1)[C@H](N)C(=O)O. The molecule has 0 radical (unpaired) electrons. The van der Waals surface area contributed by atoms with Gasteiger partial charge < -0.3 is 10.8 Å². The topological polar surface area (TPSA) is 63.3 Å². The number of thioether (sulfide) groups is 1. The first-order chi connectivity index (χ1) is 7.16. The van der Waals surface area contributed by atoms with E-state index < -0.39 is 12.0 Å². The summed E-state index contributed by atoms with van der Waals surface area (Å²) in [4.78, 5) is 10.9. The summed E-state index contributed by atoms with van der Waals surface area (Å²) in [6.07, 6.45) is 1.95. The Kier molecular flexibility index (Phi) is 4.65. The van der Waals surface area contributed by atoms with Gasteiger partial charge in [-0.25, -0.2) is 0 Å². The minimum Gasteiger partial charge on any atom is -0.480 e. The number of carboxylic acids is 1. The minimum atomic E-state index is -0.946. The van der Waals surface area contributed by atoms with Gasteiger partial charge in [0.15, 0.2) is 0 Å². The van der Waals surface area contributed by atoms with E-state index in [0.29, 0.717) is 0 Å². The largest absolute Gasteiger partial charge is 0.480 e. The fourth-order valence-electron chi connectivity index (χ4n) is 1.46. The first kappa shape index (κ1) is 12.1. The molecule has 1 aromatic rings. The Morgan fingerprint density at radius 1 is 1.47 bits per heavy atom. The Bertz CT molecular complexity index is 316. The molecular weight excluding hydrogens is 210 g/mol. The van der Waals surface area contributed by atoms with E-state index >= 15 is 0 Å². The van der Waals surface area contributed by atoms with Gasteiger partial charge in [-0.05, 0) is 11.8 Å². The predicted molar refractivity (Wildman–Crippen MR) is 63.2 cm³/mol. The van der Waals surface area contributed by atoms with Crippen molar-refractivity contribution in [1.29, 1.82) is 0 Å². The zero-order valence-electron chi connectivity index (χ0n) is 8.59. The molecule has 15 heavy (non-hydrogen) atoms. The molecule has 1 rings (SSSR count). The zero-order valence-corrected chi connectivity index (χ0v) is 9.41. The molecule has 2 atom stereocenters. The summed E-state index contributed by atoms with van der Waals surface area (Å²) in [5, 5.41) is 8.91. The van der Waals surface area contributed by atoms with Crippen LogP contribution in [0.25, 0.3) is 0 Å². The van der Waals surface area contributed by atoms with Crippen LogP contribution in [0.4, 0.5) is 0 Å². The Balaban J connectivity index is 2.87. The molecule has 0 saturated heterocycles. The number of carboxylic acid groups (broad SMARTS) is 1. The highest BCUT2D eigenvalue weighted by molar-refractivity contribution is 7.98. The van der Waals surface area contributed by atoms with Crippen molar-refractivity contribution in [3.63, 3.8) is 0 Å². The number of nitrogens with two attached hydrogens (primary N) is 1. The third-order valence-corrected chi connectivity index (χ3v) is 2.99. The molecule has 1 aromatic carbocycles. The van der Waals surface area contributed by atoms with Crippen LogP contribution in [0, 0.1) is 0 Å². The number of rotatable bonds is 5. The maximum absolute atomic E-state index is 10.9. The molecule has 0 bridgehead atoms. The second-order valence-electron chi connectivity index (χ2n) is 3.34. The van der Waals surface area contributed by atoms with Crippen molar-refractivity contribution in [2.24, 2.45) is 5.73 Å². The standard InChI is InChI=1S/C11H15NO2S/c1-15-7-9(10(12)11(13)14)8-5-3-2-4-6-8/h2-6,9-10H,7,12H2,1H3,(H,13,14)/t9?,10-/m0/s1. The molecular formula is C11H15NO2S. The average molecular weight is 225 g/mol. The first-order valence-electron chi connectivity index (χ1n) is 4.69. The molecule has 82 valence electrons. The van der Waals surface area contributed by atoms with Gasteiger partial charge in [-0.15, -0.1) is 0 Å². The monoisotopic (exact) mass is 225 g/mol. The molecule has 0 heterocycles. The van der Waals surface area contributed by atoms with Crippen LogP contribution in [-0.4, -0.2) is 29.1 Å². The van der Waals surface area contributed by atoms with Crippen LogP contribution in [0.5, 0.6) is 0 Å². The van der Waals surface area contributed by atoms with Crippen LogP contribution >= 0.6 is 11.8 Å². The second kappa shape index (κ2) is 5.78. The van der Waals surface area contributed by atoms with Crippen LogP contribution in [0.2, 0.25) is 0 Å². The number of hydrogen-bond acceptors (Lipinski definition) is 3. The summed E-state index contributed by atoms with van der Waals surface area (Å²) in [5.41, 5.74) is 6.65. The van der Waals surface area contributed by atoms with Gasteiger partial charge in [-0.2, -0.15) is 11.8 Å². The van der Waals surface area contributed by atoms with Gasteiger partial charge in [-0.1, -0.05) is 30.3 Å². The van der Waals surface area contributed by atoms with E-state index in [0.717, 1.165) is 11.3 Å².